The molecule has 0 amide bonds. The summed E-state index contributed by atoms with van der Waals surface area (Å²) in [6.07, 6.45) is 7.48. The van der Waals surface area contributed by atoms with Gasteiger partial charge in [0.05, 0.1) is 0 Å². The van der Waals surface area contributed by atoms with Crippen molar-refractivity contribution in [3.05, 3.63) is 189 Å². The van der Waals surface area contributed by atoms with Crippen molar-refractivity contribution in [3.8, 4) is 78.7 Å². The van der Waals surface area contributed by atoms with Gasteiger partial charge in [0.15, 0.2) is 17.5 Å². The Kier molecular flexibility index (Phi) is 8.28. The Morgan fingerprint density at radius 3 is 1.33 bits per heavy atom. The molecule has 0 spiro atoms. The second-order valence-electron chi connectivity index (χ2n) is 13.3. The summed E-state index contributed by atoms with van der Waals surface area (Å²) in [6, 6.07) is 57.0. The maximum Gasteiger partial charge on any atom is 0.164 e. The number of hydrogen-bond donors (Lipinski definition) is 0. The van der Waals surface area contributed by atoms with Gasteiger partial charge in [0.25, 0.3) is 0 Å². The van der Waals surface area contributed by atoms with Gasteiger partial charge >= 0.3 is 0 Å². The van der Waals surface area contributed by atoms with Crippen LogP contribution in [-0.4, -0.2) is 24.9 Å². The first kappa shape index (κ1) is 32.5. The molecule has 10 aromatic rings. The molecule has 0 saturated heterocycles. The lowest BCUT2D eigenvalue weighted by Gasteiger charge is -2.12. The van der Waals surface area contributed by atoms with E-state index in [-0.39, 0.29) is 0 Å². The maximum atomic E-state index is 5.10. The number of rotatable bonds is 7. The minimum atomic E-state index is 0.636. The Labute approximate surface area is 322 Å². The third-order valence-electron chi connectivity index (χ3n) is 9.92. The third kappa shape index (κ3) is 6.14. The molecule has 55 heavy (non-hydrogen) atoms. The van der Waals surface area contributed by atoms with Gasteiger partial charge in [0.1, 0.15) is 0 Å². The van der Waals surface area contributed by atoms with Gasteiger partial charge in [-0.05, 0) is 58.1 Å². The highest BCUT2D eigenvalue weighted by Crippen LogP contribution is 2.46. The Morgan fingerprint density at radius 2 is 0.764 bits per heavy atom. The van der Waals surface area contributed by atoms with E-state index in [0.29, 0.717) is 17.5 Å². The van der Waals surface area contributed by atoms with Gasteiger partial charge in [-0.15, -0.1) is 11.3 Å². The van der Waals surface area contributed by atoms with Gasteiger partial charge < -0.3 is 0 Å². The van der Waals surface area contributed by atoms with Gasteiger partial charge in [-0.25, -0.2) is 15.0 Å². The Hall–Kier alpha value is -7.15. The summed E-state index contributed by atoms with van der Waals surface area (Å²) in [5, 5.41) is 2.44. The summed E-state index contributed by atoms with van der Waals surface area (Å²) in [7, 11) is 0. The lowest BCUT2D eigenvalue weighted by atomic mass is 9.93. The van der Waals surface area contributed by atoms with E-state index in [1.807, 2.05) is 109 Å². The SMILES string of the molecule is c1ccc(-c2nc(-c3ccccc3)nc(-c3ccccc3-c3cccc4c3sc3c(-c5cc(-c6cccnc6)cc(-c6cccnc6)c5)cccc34)n2)cc1. The molecule has 0 saturated carbocycles. The number of nitrogens with zero attached hydrogens (tertiary/aromatic N) is 5. The van der Waals surface area contributed by atoms with Gasteiger partial charge in [0, 0.05) is 78.3 Å². The fourth-order valence-corrected chi connectivity index (χ4v) is 8.65. The number of thiophene rings is 1. The van der Waals surface area contributed by atoms with Crippen molar-refractivity contribution in [1.82, 2.24) is 24.9 Å². The molecule has 0 radical (unpaired) electrons. The standard InChI is InChI=1S/C49H31N5S/c1-3-13-32(14-4-1)47-52-48(33-15-5-2-6-16-33)54-49(53-47)44-20-8-7-19-40(44)41-22-10-24-43-42-23-9-21-39(45(42)55-46(41)43)38-28-36(34-17-11-25-50-30-34)27-37(29-38)35-18-12-26-51-31-35/h1-31H. The monoisotopic (exact) mass is 721 g/mol. The van der Waals surface area contributed by atoms with E-state index >= 15 is 0 Å². The van der Waals surface area contributed by atoms with Crippen molar-refractivity contribution < 1.29 is 0 Å². The largest absolute Gasteiger partial charge is 0.264 e. The van der Waals surface area contributed by atoms with Crippen molar-refractivity contribution in [2.24, 2.45) is 0 Å². The fraction of sp³-hybridized carbons (Fsp3) is 0. The zero-order chi connectivity index (χ0) is 36.6. The van der Waals surface area contributed by atoms with E-state index in [9.17, 15) is 0 Å². The summed E-state index contributed by atoms with van der Waals surface area (Å²) in [5.41, 5.74) is 11.7. The summed E-state index contributed by atoms with van der Waals surface area (Å²) in [6.45, 7) is 0. The highest BCUT2D eigenvalue weighted by atomic mass is 32.1. The predicted molar refractivity (Wildman–Crippen MR) is 226 cm³/mol. The first-order chi connectivity index (χ1) is 27.3. The van der Waals surface area contributed by atoms with Crippen LogP contribution in [0.15, 0.2) is 189 Å². The molecule has 4 heterocycles. The Bertz CT molecular complexity index is 2850. The molecule has 0 aliphatic carbocycles. The van der Waals surface area contributed by atoms with Gasteiger partial charge in [-0.2, -0.15) is 0 Å². The molecule has 258 valence electrons. The van der Waals surface area contributed by atoms with Crippen LogP contribution in [0.2, 0.25) is 0 Å². The van der Waals surface area contributed by atoms with Crippen molar-refractivity contribution in [2.45, 2.75) is 0 Å². The van der Waals surface area contributed by atoms with Gasteiger partial charge in [-0.3, -0.25) is 9.97 Å². The van der Waals surface area contributed by atoms with E-state index in [2.05, 4.69) is 101 Å². The lowest BCUT2D eigenvalue weighted by molar-refractivity contribution is 1.07. The van der Waals surface area contributed by atoms with Crippen LogP contribution >= 0.6 is 11.3 Å². The molecule has 10 rings (SSSR count). The average molecular weight is 722 g/mol. The summed E-state index contributed by atoms with van der Waals surface area (Å²) >= 11 is 1.83. The second-order valence-corrected chi connectivity index (χ2v) is 14.4. The van der Waals surface area contributed by atoms with Crippen LogP contribution in [0.5, 0.6) is 0 Å². The average Bonchev–Trinajstić information content (AvgIpc) is 3.67. The maximum absolute atomic E-state index is 5.10. The van der Waals surface area contributed by atoms with Gasteiger partial charge in [0.2, 0.25) is 0 Å². The summed E-state index contributed by atoms with van der Waals surface area (Å²) in [4.78, 5) is 24.0. The summed E-state index contributed by atoms with van der Waals surface area (Å²) < 4.78 is 2.45. The number of benzene rings is 6. The molecule has 4 aromatic heterocycles. The lowest BCUT2D eigenvalue weighted by Crippen LogP contribution is -2.01. The van der Waals surface area contributed by atoms with E-state index in [1.165, 1.54) is 25.7 Å². The quantitative estimate of drug-likeness (QED) is 0.164. The normalized spacial score (nSPS) is 11.3. The Balaban J connectivity index is 1.16. The minimum Gasteiger partial charge on any atom is -0.264 e. The molecule has 0 bridgehead atoms. The smallest absolute Gasteiger partial charge is 0.164 e. The van der Waals surface area contributed by atoms with Crippen molar-refractivity contribution >= 4 is 31.5 Å². The van der Waals surface area contributed by atoms with Crippen LogP contribution in [0.1, 0.15) is 0 Å². The van der Waals surface area contributed by atoms with Crippen LogP contribution in [0.25, 0.3) is 98.8 Å². The van der Waals surface area contributed by atoms with Crippen LogP contribution < -0.4 is 0 Å². The number of pyridine rings is 2. The molecule has 0 unspecified atom stereocenters. The molecule has 6 heteroatoms. The number of fused-ring (bicyclic) bond motifs is 3. The zero-order valence-electron chi connectivity index (χ0n) is 29.5. The topological polar surface area (TPSA) is 64.5 Å². The molecular formula is C49H31N5S. The molecule has 0 atom stereocenters. The van der Waals surface area contributed by atoms with Crippen LogP contribution in [-0.2, 0) is 0 Å². The summed E-state index contributed by atoms with van der Waals surface area (Å²) in [5.74, 6) is 1.92. The molecule has 6 aromatic carbocycles. The first-order valence-electron chi connectivity index (χ1n) is 18.1. The molecule has 0 aliphatic heterocycles. The molecule has 5 nitrogen and oxygen atoms in total. The number of hydrogen-bond acceptors (Lipinski definition) is 6. The first-order valence-corrected chi connectivity index (χ1v) is 19.0. The van der Waals surface area contributed by atoms with Gasteiger partial charge in [-0.1, -0.05) is 133 Å². The molecule has 0 fully saturated rings. The fourth-order valence-electron chi connectivity index (χ4n) is 7.29. The van der Waals surface area contributed by atoms with Crippen molar-refractivity contribution in [2.75, 3.05) is 0 Å². The van der Waals surface area contributed by atoms with E-state index in [4.69, 9.17) is 15.0 Å². The minimum absolute atomic E-state index is 0.636. The van der Waals surface area contributed by atoms with Crippen LogP contribution in [0.4, 0.5) is 0 Å². The zero-order valence-corrected chi connectivity index (χ0v) is 30.4. The van der Waals surface area contributed by atoms with E-state index in [0.717, 1.165) is 55.6 Å². The van der Waals surface area contributed by atoms with Crippen LogP contribution in [0.3, 0.4) is 0 Å². The molecular weight excluding hydrogens is 691 g/mol. The highest BCUT2D eigenvalue weighted by molar-refractivity contribution is 7.26. The Morgan fingerprint density at radius 1 is 0.309 bits per heavy atom. The second kappa shape index (κ2) is 14.0. The molecule has 0 N–H and O–H groups in total. The van der Waals surface area contributed by atoms with E-state index < -0.39 is 0 Å². The van der Waals surface area contributed by atoms with Crippen molar-refractivity contribution in [1.29, 1.82) is 0 Å². The highest BCUT2D eigenvalue weighted by Gasteiger charge is 2.19. The van der Waals surface area contributed by atoms with Crippen LogP contribution in [0, 0.1) is 0 Å². The van der Waals surface area contributed by atoms with E-state index in [1.54, 1.807) is 0 Å². The predicted octanol–water partition coefficient (Wildman–Crippen LogP) is 12.7. The third-order valence-corrected chi connectivity index (χ3v) is 11.2. The number of aromatic nitrogens is 5. The van der Waals surface area contributed by atoms with Crippen molar-refractivity contribution in [3.63, 3.8) is 0 Å². The molecule has 0 aliphatic rings.